The maximum absolute atomic E-state index is 6.20. The summed E-state index contributed by atoms with van der Waals surface area (Å²) < 4.78 is 1.02. The summed E-state index contributed by atoms with van der Waals surface area (Å²) in [4.78, 5) is 6.68. The van der Waals surface area contributed by atoms with Gasteiger partial charge in [-0.05, 0) is 36.8 Å². The molecule has 0 radical (unpaired) electrons. The molecule has 3 aromatic rings. The van der Waals surface area contributed by atoms with Gasteiger partial charge in [-0.3, -0.25) is 0 Å². The largest absolute Gasteiger partial charge is 0.377 e. The Morgan fingerprint density at radius 1 is 1.19 bits per heavy atom. The average Bonchev–Trinajstić information content (AvgIpc) is 2.85. The molecule has 1 heterocycles. The zero-order chi connectivity index (χ0) is 15.0. The third kappa shape index (κ3) is 2.82. The van der Waals surface area contributed by atoms with Crippen LogP contribution in [-0.4, -0.2) is 19.1 Å². The first-order valence-corrected chi connectivity index (χ1v) is 7.84. The van der Waals surface area contributed by atoms with Crippen LogP contribution in [-0.2, 0) is 0 Å². The van der Waals surface area contributed by atoms with Gasteiger partial charge in [0.15, 0.2) is 5.13 Å². The van der Waals surface area contributed by atoms with Gasteiger partial charge >= 0.3 is 0 Å². The van der Waals surface area contributed by atoms with Crippen LogP contribution >= 0.6 is 22.9 Å². The molecule has 2 aromatic carbocycles. The van der Waals surface area contributed by atoms with Crippen molar-refractivity contribution < 1.29 is 0 Å². The Kier molecular flexibility index (Phi) is 3.74. The lowest BCUT2D eigenvalue weighted by Gasteiger charge is -2.16. The van der Waals surface area contributed by atoms with Gasteiger partial charge < -0.3 is 10.2 Å². The fourth-order valence-corrected chi connectivity index (χ4v) is 3.44. The molecule has 0 spiro atoms. The van der Waals surface area contributed by atoms with E-state index in [1.54, 1.807) is 11.3 Å². The number of fused-ring (bicyclic) bond motifs is 1. The Hall–Kier alpha value is -1.78. The number of aromatic nitrogens is 1. The smallest absolute Gasteiger partial charge is 0.188 e. The van der Waals surface area contributed by atoms with Crippen molar-refractivity contribution in [3.05, 3.63) is 47.0 Å². The number of hydrogen-bond donors (Lipinski definition) is 1. The molecule has 0 aliphatic rings. The molecule has 3 rings (SSSR count). The van der Waals surface area contributed by atoms with E-state index in [2.05, 4.69) is 40.3 Å². The summed E-state index contributed by atoms with van der Waals surface area (Å²) >= 11 is 7.77. The minimum absolute atomic E-state index is 0.746. The topological polar surface area (TPSA) is 28.2 Å². The monoisotopic (exact) mass is 317 g/mol. The first-order valence-electron chi connectivity index (χ1n) is 6.64. The van der Waals surface area contributed by atoms with E-state index in [1.165, 1.54) is 11.3 Å². The number of nitrogens with zero attached hydrogens (tertiary/aromatic N) is 2. The minimum Gasteiger partial charge on any atom is -0.377 e. The summed E-state index contributed by atoms with van der Waals surface area (Å²) in [6.07, 6.45) is 0. The lowest BCUT2D eigenvalue weighted by Crippen LogP contribution is -2.10. The van der Waals surface area contributed by atoms with Gasteiger partial charge in [0.1, 0.15) is 0 Å². The molecule has 3 nitrogen and oxygen atoms in total. The number of benzene rings is 2. The molecule has 5 heteroatoms. The lowest BCUT2D eigenvalue weighted by atomic mass is 10.1. The highest BCUT2D eigenvalue weighted by molar-refractivity contribution is 7.22. The molecule has 1 N–H and O–H groups in total. The first kappa shape index (κ1) is 14.2. The van der Waals surface area contributed by atoms with Crippen molar-refractivity contribution in [1.82, 2.24) is 4.98 Å². The van der Waals surface area contributed by atoms with Crippen molar-refractivity contribution >= 4 is 49.7 Å². The van der Waals surface area contributed by atoms with Crippen molar-refractivity contribution in [2.45, 2.75) is 6.92 Å². The maximum atomic E-state index is 6.20. The Bertz CT molecular complexity index is 795. The molecule has 0 aliphatic carbocycles. The molecular weight excluding hydrogens is 302 g/mol. The van der Waals surface area contributed by atoms with Gasteiger partial charge in [0.2, 0.25) is 0 Å². The molecule has 0 saturated heterocycles. The quantitative estimate of drug-likeness (QED) is 0.731. The van der Waals surface area contributed by atoms with E-state index in [9.17, 15) is 0 Å². The van der Waals surface area contributed by atoms with Crippen LogP contribution in [0.2, 0.25) is 5.02 Å². The van der Waals surface area contributed by atoms with Crippen LogP contribution in [0.25, 0.3) is 10.2 Å². The lowest BCUT2D eigenvalue weighted by molar-refractivity contribution is 1.11. The number of rotatable bonds is 3. The van der Waals surface area contributed by atoms with Gasteiger partial charge in [-0.25, -0.2) is 4.98 Å². The van der Waals surface area contributed by atoms with Crippen LogP contribution in [0.1, 0.15) is 5.56 Å². The van der Waals surface area contributed by atoms with E-state index in [0.717, 1.165) is 26.1 Å². The number of hydrogen-bond acceptors (Lipinski definition) is 4. The molecule has 0 amide bonds. The van der Waals surface area contributed by atoms with Gasteiger partial charge in [-0.1, -0.05) is 35.1 Å². The van der Waals surface area contributed by atoms with Gasteiger partial charge in [-0.15, -0.1) is 0 Å². The second-order valence-corrected chi connectivity index (χ2v) is 6.53. The summed E-state index contributed by atoms with van der Waals surface area (Å²) in [5.41, 5.74) is 4.39. The first-order chi connectivity index (χ1) is 10.0. The molecule has 0 fully saturated rings. The van der Waals surface area contributed by atoms with E-state index in [1.807, 2.05) is 32.3 Å². The SMILES string of the molecule is Cc1ccc(Nc2nc3cccc(Cl)c3s2)cc1N(C)C. The van der Waals surface area contributed by atoms with E-state index >= 15 is 0 Å². The van der Waals surface area contributed by atoms with Crippen LogP contribution in [0.4, 0.5) is 16.5 Å². The number of anilines is 3. The molecule has 0 aliphatic heterocycles. The van der Waals surface area contributed by atoms with Crippen LogP contribution in [0.5, 0.6) is 0 Å². The average molecular weight is 318 g/mol. The highest BCUT2D eigenvalue weighted by Gasteiger charge is 2.08. The van der Waals surface area contributed by atoms with E-state index < -0.39 is 0 Å². The second kappa shape index (κ2) is 5.54. The Morgan fingerprint density at radius 3 is 2.71 bits per heavy atom. The van der Waals surface area contributed by atoms with E-state index in [-0.39, 0.29) is 0 Å². The normalized spacial score (nSPS) is 10.9. The number of halogens is 1. The predicted molar refractivity (Wildman–Crippen MR) is 93.4 cm³/mol. The van der Waals surface area contributed by atoms with Gasteiger partial charge in [0.25, 0.3) is 0 Å². The third-order valence-electron chi connectivity index (χ3n) is 3.31. The Labute approximate surface area is 133 Å². The van der Waals surface area contributed by atoms with Crippen molar-refractivity contribution in [2.75, 3.05) is 24.3 Å². The molecule has 108 valence electrons. The fourth-order valence-electron chi connectivity index (χ4n) is 2.26. The molecule has 0 atom stereocenters. The van der Waals surface area contributed by atoms with Crippen molar-refractivity contribution in [2.24, 2.45) is 0 Å². The van der Waals surface area contributed by atoms with Gasteiger partial charge in [0.05, 0.1) is 15.2 Å². The number of thiazole rings is 1. The van der Waals surface area contributed by atoms with Crippen LogP contribution < -0.4 is 10.2 Å². The van der Waals surface area contributed by atoms with Crippen LogP contribution in [0.3, 0.4) is 0 Å². The predicted octanol–water partition coefficient (Wildman–Crippen LogP) is 5.07. The van der Waals surface area contributed by atoms with Crippen molar-refractivity contribution in [3.8, 4) is 0 Å². The van der Waals surface area contributed by atoms with Crippen LogP contribution in [0.15, 0.2) is 36.4 Å². The molecular formula is C16H16ClN3S. The zero-order valence-electron chi connectivity index (χ0n) is 12.1. The standard InChI is InChI=1S/C16H16ClN3S/c1-10-7-8-11(9-14(10)20(2)3)18-16-19-13-6-4-5-12(17)15(13)21-16/h4-9H,1-3H3,(H,18,19). The van der Waals surface area contributed by atoms with Crippen molar-refractivity contribution in [3.63, 3.8) is 0 Å². The number of nitrogens with one attached hydrogen (secondary N) is 1. The molecule has 21 heavy (non-hydrogen) atoms. The molecule has 1 aromatic heterocycles. The summed E-state index contributed by atoms with van der Waals surface area (Å²) in [6, 6.07) is 12.1. The van der Waals surface area contributed by atoms with E-state index in [4.69, 9.17) is 11.6 Å². The third-order valence-corrected chi connectivity index (χ3v) is 4.76. The summed E-state index contributed by atoms with van der Waals surface area (Å²) in [5.74, 6) is 0. The Balaban J connectivity index is 1.95. The summed E-state index contributed by atoms with van der Waals surface area (Å²) in [7, 11) is 4.09. The van der Waals surface area contributed by atoms with Gasteiger partial charge in [-0.2, -0.15) is 0 Å². The summed E-state index contributed by atoms with van der Waals surface area (Å²) in [5, 5.41) is 4.96. The fraction of sp³-hybridized carbons (Fsp3) is 0.188. The van der Waals surface area contributed by atoms with Crippen molar-refractivity contribution in [1.29, 1.82) is 0 Å². The maximum Gasteiger partial charge on any atom is 0.188 e. The molecule has 0 unspecified atom stereocenters. The zero-order valence-corrected chi connectivity index (χ0v) is 13.7. The highest BCUT2D eigenvalue weighted by Crippen LogP contribution is 2.34. The Morgan fingerprint density at radius 2 is 2.00 bits per heavy atom. The van der Waals surface area contributed by atoms with Gasteiger partial charge in [0, 0.05) is 25.5 Å². The minimum atomic E-state index is 0.746. The number of aryl methyl sites for hydroxylation is 1. The summed E-state index contributed by atoms with van der Waals surface area (Å²) in [6.45, 7) is 2.11. The highest BCUT2D eigenvalue weighted by atomic mass is 35.5. The van der Waals surface area contributed by atoms with Crippen LogP contribution in [0, 0.1) is 6.92 Å². The molecule has 0 saturated carbocycles. The molecule has 0 bridgehead atoms. The van der Waals surface area contributed by atoms with E-state index in [0.29, 0.717) is 0 Å². The second-order valence-electron chi connectivity index (χ2n) is 5.13.